The van der Waals surface area contributed by atoms with Gasteiger partial charge in [-0.25, -0.2) is 0 Å². The SMILES string of the molecule is CC(C)C(=O)NC(Cc1c[nH]c2ccccc12)C(=O)N1CCCC(C(=O)NC2CCCCC2)C1. The van der Waals surface area contributed by atoms with Gasteiger partial charge in [0.1, 0.15) is 6.04 Å². The molecule has 1 aliphatic heterocycles. The number of aromatic amines is 1. The molecule has 1 aliphatic carbocycles. The maximum atomic E-state index is 13.6. The molecule has 0 radical (unpaired) electrons. The molecule has 0 bridgehead atoms. The van der Waals surface area contributed by atoms with Crippen molar-refractivity contribution in [3.63, 3.8) is 0 Å². The molecule has 4 rings (SSSR count). The van der Waals surface area contributed by atoms with Gasteiger partial charge in [0.2, 0.25) is 17.7 Å². The fourth-order valence-corrected chi connectivity index (χ4v) is 5.24. The number of hydrogen-bond acceptors (Lipinski definition) is 3. The van der Waals surface area contributed by atoms with E-state index in [2.05, 4.69) is 15.6 Å². The molecular formula is C27H38N4O3. The van der Waals surface area contributed by atoms with Gasteiger partial charge >= 0.3 is 0 Å². The Morgan fingerprint density at radius 1 is 1.06 bits per heavy atom. The van der Waals surface area contributed by atoms with Crippen LogP contribution in [-0.4, -0.2) is 52.8 Å². The van der Waals surface area contributed by atoms with Gasteiger partial charge in [0.15, 0.2) is 0 Å². The fraction of sp³-hybridized carbons (Fsp3) is 0.593. The highest BCUT2D eigenvalue weighted by molar-refractivity contribution is 5.90. The van der Waals surface area contributed by atoms with E-state index in [1.54, 1.807) is 4.90 Å². The van der Waals surface area contributed by atoms with Gasteiger partial charge in [0.05, 0.1) is 5.92 Å². The second kappa shape index (κ2) is 11.1. The van der Waals surface area contributed by atoms with E-state index in [1.165, 1.54) is 19.3 Å². The Morgan fingerprint density at radius 2 is 1.82 bits per heavy atom. The monoisotopic (exact) mass is 466 g/mol. The summed E-state index contributed by atoms with van der Waals surface area (Å²) in [6.07, 6.45) is 9.62. The minimum Gasteiger partial charge on any atom is -0.361 e. The Kier molecular flexibility index (Phi) is 7.91. The number of carbonyl (C=O) groups is 3. The summed E-state index contributed by atoms with van der Waals surface area (Å²) >= 11 is 0. The maximum Gasteiger partial charge on any atom is 0.245 e. The largest absolute Gasteiger partial charge is 0.361 e. The molecule has 1 saturated heterocycles. The molecule has 2 aliphatic rings. The van der Waals surface area contributed by atoms with E-state index >= 15 is 0 Å². The number of fused-ring (bicyclic) bond motifs is 1. The Balaban J connectivity index is 1.46. The van der Waals surface area contributed by atoms with Crippen LogP contribution in [-0.2, 0) is 20.8 Å². The summed E-state index contributed by atoms with van der Waals surface area (Å²) in [7, 11) is 0. The fourth-order valence-electron chi connectivity index (χ4n) is 5.24. The average molecular weight is 467 g/mol. The van der Waals surface area contributed by atoms with Crippen LogP contribution in [0.5, 0.6) is 0 Å². The van der Waals surface area contributed by atoms with Crippen molar-refractivity contribution < 1.29 is 14.4 Å². The molecule has 7 nitrogen and oxygen atoms in total. The van der Waals surface area contributed by atoms with Crippen LogP contribution < -0.4 is 10.6 Å². The maximum absolute atomic E-state index is 13.6. The third-order valence-electron chi connectivity index (χ3n) is 7.29. The molecule has 0 spiro atoms. The highest BCUT2D eigenvalue weighted by Crippen LogP contribution is 2.23. The van der Waals surface area contributed by atoms with Gasteiger partial charge in [-0.2, -0.15) is 0 Å². The summed E-state index contributed by atoms with van der Waals surface area (Å²) in [5.74, 6) is -0.567. The summed E-state index contributed by atoms with van der Waals surface area (Å²) in [6.45, 7) is 4.69. The summed E-state index contributed by atoms with van der Waals surface area (Å²) < 4.78 is 0. The summed E-state index contributed by atoms with van der Waals surface area (Å²) in [5, 5.41) is 7.27. The average Bonchev–Trinajstić information content (AvgIpc) is 3.26. The number of nitrogens with zero attached hydrogens (tertiary/aromatic N) is 1. The molecule has 1 aromatic heterocycles. The van der Waals surface area contributed by atoms with E-state index < -0.39 is 6.04 Å². The second-order valence-electron chi connectivity index (χ2n) is 10.2. The van der Waals surface area contributed by atoms with Crippen LogP contribution in [0.2, 0.25) is 0 Å². The van der Waals surface area contributed by atoms with Gasteiger partial charge in [-0.3, -0.25) is 14.4 Å². The number of para-hydroxylation sites is 1. The molecule has 34 heavy (non-hydrogen) atoms. The minimum absolute atomic E-state index is 0.0730. The van der Waals surface area contributed by atoms with E-state index in [1.807, 2.05) is 44.3 Å². The number of rotatable bonds is 7. The highest BCUT2D eigenvalue weighted by Gasteiger charge is 2.34. The Labute approximate surface area is 202 Å². The summed E-state index contributed by atoms with van der Waals surface area (Å²) in [6, 6.07) is 7.59. The van der Waals surface area contributed by atoms with Crippen LogP contribution >= 0.6 is 0 Å². The lowest BCUT2D eigenvalue weighted by atomic mass is 9.92. The standard InChI is InChI=1S/C27H38N4O3/c1-18(2)25(32)30-24(15-20-16-28-23-13-7-6-12-22(20)23)27(34)31-14-8-9-19(17-31)26(33)29-21-10-4-3-5-11-21/h6-7,12-13,16,18-19,21,24,28H,3-5,8-11,14-15,17H2,1-2H3,(H,29,33)(H,30,32). The van der Waals surface area contributed by atoms with Crippen LogP contribution in [0.3, 0.4) is 0 Å². The summed E-state index contributed by atoms with van der Waals surface area (Å²) in [5.41, 5.74) is 2.01. The van der Waals surface area contributed by atoms with Crippen LogP contribution in [0.1, 0.15) is 64.4 Å². The van der Waals surface area contributed by atoms with Gasteiger partial charge in [-0.05, 0) is 37.3 Å². The first-order valence-electron chi connectivity index (χ1n) is 12.9. The van der Waals surface area contributed by atoms with E-state index in [9.17, 15) is 14.4 Å². The van der Waals surface area contributed by atoms with E-state index in [-0.39, 0.29) is 35.6 Å². The molecule has 1 aromatic carbocycles. The molecule has 2 aromatic rings. The molecule has 3 amide bonds. The first kappa shape index (κ1) is 24.3. The molecule has 2 heterocycles. The smallest absolute Gasteiger partial charge is 0.245 e. The first-order chi connectivity index (χ1) is 16.4. The van der Waals surface area contributed by atoms with Crippen molar-refractivity contribution in [2.45, 2.75) is 77.3 Å². The predicted octanol–water partition coefficient (Wildman–Crippen LogP) is 3.54. The van der Waals surface area contributed by atoms with E-state index in [0.717, 1.165) is 42.1 Å². The number of likely N-dealkylation sites (tertiary alicyclic amines) is 1. The molecule has 7 heteroatoms. The van der Waals surface area contributed by atoms with E-state index in [4.69, 9.17) is 0 Å². The first-order valence-corrected chi connectivity index (χ1v) is 12.9. The third kappa shape index (κ3) is 5.80. The number of aromatic nitrogens is 1. The van der Waals surface area contributed by atoms with Crippen LogP contribution in [0.15, 0.2) is 30.5 Å². The molecular weight excluding hydrogens is 428 g/mol. The lowest BCUT2D eigenvalue weighted by molar-refractivity contribution is -0.140. The number of amides is 3. The van der Waals surface area contributed by atoms with Crippen molar-refractivity contribution in [1.29, 1.82) is 0 Å². The molecule has 184 valence electrons. The van der Waals surface area contributed by atoms with Gasteiger partial charge in [0, 0.05) is 48.6 Å². The van der Waals surface area contributed by atoms with Crippen molar-refractivity contribution in [1.82, 2.24) is 20.5 Å². The Morgan fingerprint density at radius 3 is 2.59 bits per heavy atom. The number of nitrogens with one attached hydrogen (secondary N) is 3. The predicted molar refractivity (Wildman–Crippen MR) is 133 cm³/mol. The minimum atomic E-state index is -0.658. The van der Waals surface area contributed by atoms with Crippen molar-refractivity contribution in [3.8, 4) is 0 Å². The highest BCUT2D eigenvalue weighted by atomic mass is 16.2. The van der Waals surface area contributed by atoms with E-state index in [0.29, 0.717) is 19.5 Å². The van der Waals surface area contributed by atoms with Crippen molar-refractivity contribution in [3.05, 3.63) is 36.0 Å². The lowest BCUT2D eigenvalue weighted by Gasteiger charge is -2.35. The Hall–Kier alpha value is -2.83. The topological polar surface area (TPSA) is 94.3 Å². The van der Waals surface area contributed by atoms with Crippen LogP contribution in [0, 0.1) is 11.8 Å². The number of carbonyl (C=O) groups excluding carboxylic acids is 3. The van der Waals surface area contributed by atoms with Crippen molar-refractivity contribution in [2.75, 3.05) is 13.1 Å². The lowest BCUT2D eigenvalue weighted by Crippen LogP contribution is -2.54. The Bertz CT molecular complexity index is 1010. The van der Waals surface area contributed by atoms with Crippen molar-refractivity contribution in [2.24, 2.45) is 11.8 Å². The zero-order chi connectivity index (χ0) is 24.1. The third-order valence-corrected chi connectivity index (χ3v) is 7.29. The summed E-state index contributed by atoms with van der Waals surface area (Å²) in [4.78, 5) is 44.2. The molecule has 2 unspecified atom stereocenters. The van der Waals surface area contributed by atoms with Gasteiger partial charge in [-0.15, -0.1) is 0 Å². The zero-order valence-corrected chi connectivity index (χ0v) is 20.4. The number of benzene rings is 1. The number of piperidine rings is 1. The quantitative estimate of drug-likeness (QED) is 0.583. The van der Waals surface area contributed by atoms with Gasteiger partial charge < -0.3 is 20.5 Å². The molecule has 2 fully saturated rings. The number of hydrogen-bond donors (Lipinski definition) is 3. The second-order valence-corrected chi connectivity index (χ2v) is 10.2. The van der Waals surface area contributed by atoms with Crippen LogP contribution in [0.25, 0.3) is 10.9 Å². The molecule has 3 N–H and O–H groups in total. The molecule has 1 saturated carbocycles. The molecule has 2 atom stereocenters. The van der Waals surface area contributed by atoms with Gasteiger partial charge in [-0.1, -0.05) is 51.3 Å². The van der Waals surface area contributed by atoms with Gasteiger partial charge in [0.25, 0.3) is 0 Å². The van der Waals surface area contributed by atoms with Crippen LogP contribution in [0.4, 0.5) is 0 Å². The normalized spacial score (nSPS) is 20.3. The zero-order valence-electron chi connectivity index (χ0n) is 20.4. The number of H-pyrrole nitrogens is 1. The van der Waals surface area contributed by atoms with Crippen molar-refractivity contribution >= 4 is 28.6 Å².